The Hall–Kier alpha value is -1.35. The average Bonchev–Trinajstić information content (AvgIpc) is 2.26. The Morgan fingerprint density at radius 2 is 2.11 bits per heavy atom. The summed E-state index contributed by atoms with van der Waals surface area (Å²) < 4.78 is 35.7. The first-order valence-electron chi connectivity index (χ1n) is 5.37. The zero-order valence-electron chi connectivity index (χ0n) is 9.59. The van der Waals surface area contributed by atoms with Crippen LogP contribution in [0.4, 0.5) is 13.2 Å². The fourth-order valence-electron chi connectivity index (χ4n) is 1.66. The van der Waals surface area contributed by atoms with Gasteiger partial charge in [0.1, 0.15) is 12.6 Å². The molecule has 6 nitrogen and oxygen atoms in total. The summed E-state index contributed by atoms with van der Waals surface area (Å²) in [5.41, 5.74) is 5.14. The van der Waals surface area contributed by atoms with Crippen LogP contribution >= 0.6 is 0 Å². The molecule has 0 aromatic heterocycles. The van der Waals surface area contributed by atoms with Gasteiger partial charge in [-0.3, -0.25) is 14.5 Å². The second-order valence-corrected chi connectivity index (χ2v) is 3.98. The Balaban J connectivity index is 2.44. The number of primary amides is 1. The molecule has 0 saturated carbocycles. The molecule has 104 valence electrons. The van der Waals surface area contributed by atoms with Crippen LogP contribution in [0, 0.1) is 0 Å². The lowest BCUT2D eigenvalue weighted by Crippen LogP contribution is -2.59. The minimum atomic E-state index is -4.44. The lowest BCUT2D eigenvalue weighted by molar-refractivity contribution is -0.140. The molecule has 1 fully saturated rings. The molecule has 1 aliphatic heterocycles. The highest BCUT2D eigenvalue weighted by Gasteiger charge is 2.30. The van der Waals surface area contributed by atoms with Crippen molar-refractivity contribution in [3.8, 4) is 0 Å². The molecule has 0 spiro atoms. The van der Waals surface area contributed by atoms with Gasteiger partial charge in [0.05, 0.1) is 6.54 Å². The largest absolute Gasteiger partial charge is 0.405 e. The van der Waals surface area contributed by atoms with E-state index in [0.29, 0.717) is 19.6 Å². The summed E-state index contributed by atoms with van der Waals surface area (Å²) in [7, 11) is 0. The number of halogens is 3. The minimum absolute atomic E-state index is 0.272. The van der Waals surface area contributed by atoms with Gasteiger partial charge >= 0.3 is 6.18 Å². The first-order chi connectivity index (χ1) is 8.29. The normalized spacial score (nSPS) is 21.6. The standard InChI is InChI=1S/C9H15F3N4O2/c10-9(11,12)5-15-7(17)4-16-2-1-14-3-6(16)8(13)18/h6,14H,1-5H2,(H2,13,18)(H,15,17). The maximum atomic E-state index is 11.9. The van der Waals surface area contributed by atoms with Gasteiger partial charge in [0.15, 0.2) is 0 Å². The number of nitrogens with two attached hydrogens (primary N) is 1. The van der Waals surface area contributed by atoms with Gasteiger partial charge in [-0.15, -0.1) is 0 Å². The summed E-state index contributed by atoms with van der Waals surface area (Å²) in [4.78, 5) is 23.9. The van der Waals surface area contributed by atoms with Crippen molar-refractivity contribution in [2.24, 2.45) is 5.73 Å². The van der Waals surface area contributed by atoms with Gasteiger partial charge in [-0.05, 0) is 0 Å². The summed E-state index contributed by atoms with van der Waals surface area (Å²) in [6, 6.07) is -0.671. The van der Waals surface area contributed by atoms with E-state index in [1.54, 1.807) is 5.32 Å². The monoisotopic (exact) mass is 268 g/mol. The van der Waals surface area contributed by atoms with E-state index in [1.165, 1.54) is 4.90 Å². The molecule has 1 unspecified atom stereocenters. The van der Waals surface area contributed by atoms with E-state index in [2.05, 4.69) is 5.32 Å². The Bertz CT molecular complexity index is 321. The van der Waals surface area contributed by atoms with Crippen molar-refractivity contribution in [1.82, 2.24) is 15.5 Å². The summed E-state index contributed by atoms with van der Waals surface area (Å²) in [5.74, 6) is -1.38. The van der Waals surface area contributed by atoms with Crippen LogP contribution in [0.25, 0.3) is 0 Å². The molecule has 4 N–H and O–H groups in total. The highest BCUT2D eigenvalue weighted by Crippen LogP contribution is 2.12. The fourth-order valence-corrected chi connectivity index (χ4v) is 1.66. The fraction of sp³-hybridized carbons (Fsp3) is 0.778. The van der Waals surface area contributed by atoms with Crippen molar-refractivity contribution in [3.05, 3.63) is 0 Å². The van der Waals surface area contributed by atoms with E-state index >= 15 is 0 Å². The second kappa shape index (κ2) is 6.01. The number of piperazine rings is 1. The molecule has 0 aromatic carbocycles. The maximum absolute atomic E-state index is 11.9. The third-order valence-electron chi connectivity index (χ3n) is 2.52. The highest BCUT2D eigenvalue weighted by molar-refractivity contribution is 5.82. The number of carbonyl (C=O) groups is 2. The number of nitrogens with zero attached hydrogens (tertiary/aromatic N) is 1. The number of hydrogen-bond acceptors (Lipinski definition) is 4. The number of alkyl halides is 3. The van der Waals surface area contributed by atoms with Crippen LogP contribution in [0.15, 0.2) is 0 Å². The Labute approximate surface area is 102 Å². The van der Waals surface area contributed by atoms with E-state index in [0.717, 1.165) is 0 Å². The van der Waals surface area contributed by atoms with Gasteiger partial charge in [0, 0.05) is 19.6 Å². The summed E-state index contributed by atoms with van der Waals surface area (Å²) in [5, 5.41) is 4.67. The zero-order chi connectivity index (χ0) is 13.8. The minimum Gasteiger partial charge on any atom is -0.368 e. The maximum Gasteiger partial charge on any atom is 0.405 e. The van der Waals surface area contributed by atoms with E-state index in [1.807, 2.05) is 0 Å². The number of carbonyl (C=O) groups excluding carboxylic acids is 2. The SMILES string of the molecule is NC(=O)C1CNCCN1CC(=O)NCC(F)(F)F. The molecule has 18 heavy (non-hydrogen) atoms. The Kier molecular flexibility index (Phi) is 4.91. The quantitative estimate of drug-likeness (QED) is 0.574. The van der Waals surface area contributed by atoms with E-state index in [4.69, 9.17) is 5.73 Å². The van der Waals surface area contributed by atoms with Gasteiger partial charge in [-0.25, -0.2) is 0 Å². The smallest absolute Gasteiger partial charge is 0.368 e. The van der Waals surface area contributed by atoms with Crippen LogP contribution < -0.4 is 16.4 Å². The van der Waals surface area contributed by atoms with E-state index < -0.39 is 30.6 Å². The van der Waals surface area contributed by atoms with Crippen molar-refractivity contribution < 1.29 is 22.8 Å². The van der Waals surface area contributed by atoms with E-state index in [9.17, 15) is 22.8 Å². The lowest BCUT2D eigenvalue weighted by Gasteiger charge is -2.33. The van der Waals surface area contributed by atoms with Crippen molar-refractivity contribution in [2.45, 2.75) is 12.2 Å². The van der Waals surface area contributed by atoms with Crippen LogP contribution in [-0.2, 0) is 9.59 Å². The second-order valence-electron chi connectivity index (χ2n) is 3.98. The van der Waals surface area contributed by atoms with Crippen LogP contribution in [0.1, 0.15) is 0 Å². The van der Waals surface area contributed by atoms with Crippen LogP contribution in [0.2, 0.25) is 0 Å². The molecule has 1 aliphatic rings. The molecule has 0 aromatic rings. The molecule has 0 bridgehead atoms. The van der Waals surface area contributed by atoms with Crippen LogP contribution in [-0.4, -0.2) is 61.7 Å². The van der Waals surface area contributed by atoms with Crippen molar-refractivity contribution in [1.29, 1.82) is 0 Å². The molecule has 2 amide bonds. The molecule has 0 aliphatic carbocycles. The summed E-state index contributed by atoms with van der Waals surface area (Å²) >= 11 is 0. The third-order valence-corrected chi connectivity index (χ3v) is 2.52. The third kappa shape index (κ3) is 4.88. The van der Waals surface area contributed by atoms with Crippen molar-refractivity contribution in [2.75, 3.05) is 32.7 Å². The summed E-state index contributed by atoms with van der Waals surface area (Å²) in [6.45, 7) is -0.421. The lowest BCUT2D eigenvalue weighted by atomic mass is 10.2. The highest BCUT2D eigenvalue weighted by atomic mass is 19.4. The van der Waals surface area contributed by atoms with Crippen molar-refractivity contribution in [3.63, 3.8) is 0 Å². The number of hydrogen-bond donors (Lipinski definition) is 3. The molecular formula is C9H15F3N4O2. The van der Waals surface area contributed by atoms with Crippen LogP contribution in [0.3, 0.4) is 0 Å². The molecule has 1 saturated heterocycles. The average molecular weight is 268 g/mol. The molecule has 9 heteroatoms. The molecule has 1 rings (SSSR count). The predicted octanol–water partition coefficient (Wildman–Crippen LogP) is -1.58. The molecular weight excluding hydrogens is 253 g/mol. The van der Waals surface area contributed by atoms with Gasteiger partial charge in [-0.1, -0.05) is 0 Å². The predicted molar refractivity (Wildman–Crippen MR) is 56.5 cm³/mol. The van der Waals surface area contributed by atoms with Gasteiger partial charge in [0.2, 0.25) is 11.8 Å². The molecule has 0 radical (unpaired) electrons. The number of nitrogens with one attached hydrogen (secondary N) is 2. The first kappa shape index (κ1) is 14.7. The van der Waals surface area contributed by atoms with E-state index in [-0.39, 0.29) is 6.54 Å². The topological polar surface area (TPSA) is 87.5 Å². The summed E-state index contributed by atoms with van der Waals surface area (Å²) in [6.07, 6.45) is -4.44. The van der Waals surface area contributed by atoms with Gasteiger partial charge in [-0.2, -0.15) is 13.2 Å². The molecule has 1 heterocycles. The molecule has 1 atom stereocenters. The number of rotatable bonds is 4. The van der Waals surface area contributed by atoms with Crippen LogP contribution in [0.5, 0.6) is 0 Å². The van der Waals surface area contributed by atoms with Crippen molar-refractivity contribution >= 4 is 11.8 Å². The van der Waals surface area contributed by atoms with Gasteiger partial charge in [0.25, 0.3) is 0 Å². The first-order valence-corrected chi connectivity index (χ1v) is 5.37. The number of amides is 2. The van der Waals surface area contributed by atoms with Gasteiger partial charge < -0.3 is 16.4 Å². The Morgan fingerprint density at radius 3 is 2.67 bits per heavy atom. The Morgan fingerprint density at radius 1 is 1.44 bits per heavy atom. The zero-order valence-corrected chi connectivity index (χ0v) is 9.59.